The molecule has 0 aromatic carbocycles. The summed E-state index contributed by atoms with van der Waals surface area (Å²) in [5, 5.41) is 0.724. The third-order valence-corrected chi connectivity index (χ3v) is 2.31. The van der Waals surface area contributed by atoms with E-state index in [1.54, 1.807) is 14.2 Å². The van der Waals surface area contributed by atoms with Crippen LogP contribution in [0.25, 0.3) is 0 Å². The van der Waals surface area contributed by atoms with Gasteiger partial charge < -0.3 is 15.2 Å². The van der Waals surface area contributed by atoms with Crippen molar-refractivity contribution in [2.45, 2.75) is 13.0 Å². The Kier molecular flexibility index (Phi) is 5.05. The lowest BCUT2D eigenvalue weighted by Crippen LogP contribution is -2.06. The van der Waals surface area contributed by atoms with Crippen LogP contribution >= 0.6 is 23.9 Å². The molecule has 0 saturated carbocycles. The van der Waals surface area contributed by atoms with E-state index >= 15 is 0 Å². The van der Waals surface area contributed by atoms with Gasteiger partial charge in [0.25, 0.3) is 0 Å². The van der Waals surface area contributed by atoms with Gasteiger partial charge in [-0.3, -0.25) is 0 Å². The first-order valence-corrected chi connectivity index (χ1v) is 4.31. The number of hydrogen-bond donors (Lipinski definition) is 1. The summed E-state index contributed by atoms with van der Waals surface area (Å²) in [6.07, 6.45) is 0. The Hall–Kier alpha value is -0.520. The fourth-order valence-electron chi connectivity index (χ4n) is 0.944. The third kappa shape index (κ3) is 2.46. The van der Waals surface area contributed by atoms with Crippen molar-refractivity contribution in [1.29, 1.82) is 0 Å². The molecule has 2 N–H and O–H groups in total. The van der Waals surface area contributed by atoms with Gasteiger partial charge in [0.15, 0.2) is 0 Å². The second-order valence-corrected chi connectivity index (χ2v) is 3.12. The number of nitrogens with two attached hydrogens (primary N) is 1. The van der Waals surface area contributed by atoms with Crippen LogP contribution in [0.15, 0.2) is 0 Å². The minimum absolute atomic E-state index is 0. The molecular weight excluding hydrogens is 212 g/mol. The third-order valence-electron chi connectivity index (χ3n) is 1.50. The Morgan fingerprint density at radius 2 is 2.00 bits per heavy atom. The molecule has 1 aromatic rings. The first-order chi connectivity index (χ1) is 5.70. The molecule has 6 heteroatoms. The summed E-state index contributed by atoms with van der Waals surface area (Å²) in [6, 6.07) is -0.117. The molecule has 0 amide bonds. The quantitative estimate of drug-likeness (QED) is 0.848. The molecule has 0 aliphatic rings. The molecule has 1 atom stereocenters. The monoisotopic (exact) mass is 224 g/mol. The van der Waals surface area contributed by atoms with E-state index in [2.05, 4.69) is 4.37 Å². The summed E-state index contributed by atoms with van der Waals surface area (Å²) in [5.74, 6) is 0.562. The van der Waals surface area contributed by atoms with Crippen LogP contribution in [0.3, 0.4) is 0 Å². The first-order valence-electron chi connectivity index (χ1n) is 3.53. The largest absolute Gasteiger partial charge is 0.486 e. The summed E-state index contributed by atoms with van der Waals surface area (Å²) in [7, 11) is 3.17. The standard InChI is InChI=1S/C7H12N2O2S.ClH/c1-4(8)5-6(10-2)9-12-7(5)11-3;/h4H,8H2,1-3H3;1H. The van der Waals surface area contributed by atoms with Crippen molar-refractivity contribution in [2.24, 2.45) is 5.73 Å². The molecule has 0 bridgehead atoms. The maximum Gasteiger partial charge on any atom is 0.233 e. The summed E-state index contributed by atoms with van der Waals surface area (Å²) in [6.45, 7) is 1.87. The summed E-state index contributed by atoms with van der Waals surface area (Å²) in [5.41, 5.74) is 6.56. The van der Waals surface area contributed by atoms with Crippen LogP contribution < -0.4 is 15.2 Å². The topological polar surface area (TPSA) is 57.4 Å². The van der Waals surface area contributed by atoms with Gasteiger partial charge in [-0.25, -0.2) is 0 Å². The van der Waals surface area contributed by atoms with E-state index in [9.17, 15) is 0 Å². The predicted molar refractivity (Wildman–Crippen MR) is 55.1 cm³/mol. The molecule has 1 rings (SSSR count). The molecule has 0 spiro atoms. The summed E-state index contributed by atoms with van der Waals surface area (Å²) >= 11 is 1.25. The minimum atomic E-state index is -0.117. The second-order valence-electron chi connectivity index (χ2n) is 2.39. The molecule has 76 valence electrons. The zero-order valence-electron chi connectivity index (χ0n) is 7.73. The van der Waals surface area contributed by atoms with E-state index in [0.29, 0.717) is 5.88 Å². The van der Waals surface area contributed by atoms with Gasteiger partial charge in [-0.05, 0) is 6.92 Å². The highest BCUT2D eigenvalue weighted by atomic mass is 35.5. The van der Waals surface area contributed by atoms with Crippen molar-refractivity contribution < 1.29 is 9.47 Å². The average molecular weight is 225 g/mol. The van der Waals surface area contributed by atoms with Crippen molar-refractivity contribution >= 4 is 23.9 Å². The van der Waals surface area contributed by atoms with E-state index in [1.165, 1.54) is 11.5 Å². The molecule has 1 heterocycles. The Labute approximate surface area is 87.6 Å². The normalized spacial score (nSPS) is 11.7. The molecule has 0 saturated heterocycles. The Bertz CT molecular complexity index is 243. The van der Waals surface area contributed by atoms with Crippen LogP contribution in [0.5, 0.6) is 10.9 Å². The van der Waals surface area contributed by atoms with Crippen LogP contribution in [0.4, 0.5) is 0 Å². The van der Waals surface area contributed by atoms with Crippen LogP contribution in [0.2, 0.25) is 0 Å². The number of aromatic nitrogens is 1. The minimum Gasteiger partial charge on any atom is -0.486 e. The van der Waals surface area contributed by atoms with Gasteiger partial charge in [0.1, 0.15) is 0 Å². The van der Waals surface area contributed by atoms with E-state index in [0.717, 1.165) is 10.6 Å². The fraction of sp³-hybridized carbons (Fsp3) is 0.571. The smallest absolute Gasteiger partial charge is 0.233 e. The SMILES string of the molecule is COc1nsc(OC)c1C(C)N.Cl. The number of rotatable bonds is 3. The van der Waals surface area contributed by atoms with Gasteiger partial charge >= 0.3 is 0 Å². The molecule has 0 aliphatic carbocycles. The van der Waals surface area contributed by atoms with Crippen LogP contribution in [-0.4, -0.2) is 18.6 Å². The van der Waals surface area contributed by atoms with Gasteiger partial charge in [-0.2, -0.15) is 4.37 Å². The van der Waals surface area contributed by atoms with Gasteiger partial charge in [0, 0.05) is 17.6 Å². The van der Waals surface area contributed by atoms with Crippen molar-refractivity contribution in [3.05, 3.63) is 5.56 Å². The lowest BCUT2D eigenvalue weighted by atomic mass is 10.2. The maximum atomic E-state index is 5.72. The first kappa shape index (κ1) is 12.5. The van der Waals surface area contributed by atoms with Gasteiger partial charge in [0.05, 0.1) is 19.8 Å². The molecule has 0 aliphatic heterocycles. The number of hydrogen-bond acceptors (Lipinski definition) is 5. The maximum absolute atomic E-state index is 5.72. The number of ether oxygens (including phenoxy) is 2. The van der Waals surface area contributed by atoms with E-state index < -0.39 is 0 Å². The fourth-order valence-corrected chi connectivity index (χ4v) is 1.73. The van der Waals surface area contributed by atoms with Crippen molar-refractivity contribution in [2.75, 3.05) is 14.2 Å². The Morgan fingerprint density at radius 1 is 1.38 bits per heavy atom. The molecule has 1 unspecified atom stereocenters. The second kappa shape index (κ2) is 5.26. The molecule has 0 fully saturated rings. The van der Waals surface area contributed by atoms with Crippen molar-refractivity contribution in [3.8, 4) is 10.9 Å². The molecular formula is C7H13ClN2O2S. The molecule has 0 radical (unpaired) electrons. The summed E-state index contributed by atoms with van der Waals surface area (Å²) < 4.78 is 14.2. The average Bonchev–Trinajstić information content (AvgIpc) is 2.46. The predicted octanol–water partition coefficient (Wildman–Crippen LogP) is 1.60. The Balaban J connectivity index is 0.00000144. The van der Waals surface area contributed by atoms with E-state index in [4.69, 9.17) is 15.2 Å². The summed E-state index contributed by atoms with van der Waals surface area (Å²) in [4.78, 5) is 0. The van der Waals surface area contributed by atoms with Crippen LogP contribution in [0.1, 0.15) is 18.5 Å². The number of nitrogens with zero attached hydrogens (tertiary/aromatic N) is 1. The van der Waals surface area contributed by atoms with E-state index in [-0.39, 0.29) is 18.4 Å². The lowest BCUT2D eigenvalue weighted by Gasteiger charge is -2.06. The van der Waals surface area contributed by atoms with Crippen molar-refractivity contribution in [3.63, 3.8) is 0 Å². The van der Waals surface area contributed by atoms with Crippen molar-refractivity contribution in [1.82, 2.24) is 4.37 Å². The highest BCUT2D eigenvalue weighted by molar-refractivity contribution is 7.08. The lowest BCUT2D eigenvalue weighted by molar-refractivity contribution is 0.383. The molecule has 13 heavy (non-hydrogen) atoms. The highest BCUT2D eigenvalue weighted by Crippen LogP contribution is 2.35. The highest BCUT2D eigenvalue weighted by Gasteiger charge is 2.18. The van der Waals surface area contributed by atoms with E-state index in [1.807, 2.05) is 6.92 Å². The zero-order valence-corrected chi connectivity index (χ0v) is 9.37. The van der Waals surface area contributed by atoms with Gasteiger partial charge in [-0.15, -0.1) is 12.4 Å². The molecule has 4 nitrogen and oxygen atoms in total. The van der Waals surface area contributed by atoms with Crippen LogP contribution in [-0.2, 0) is 0 Å². The zero-order chi connectivity index (χ0) is 9.14. The molecule has 1 aromatic heterocycles. The Morgan fingerprint density at radius 3 is 2.38 bits per heavy atom. The van der Waals surface area contributed by atoms with Gasteiger partial charge in [0.2, 0.25) is 10.9 Å². The number of halogens is 1. The van der Waals surface area contributed by atoms with Gasteiger partial charge in [-0.1, -0.05) is 0 Å². The number of methoxy groups -OCH3 is 2. The van der Waals surface area contributed by atoms with Crippen LogP contribution in [0, 0.1) is 0 Å².